The molecule has 1 saturated heterocycles. The maximum atomic E-state index is 11.9. The summed E-state index contributed by atoms with van der Waals surface area (Å²) in [5.41, 5.74) is 0. The number of amides is 2. The van der Waals surface area contributed by atoms with Crippen molar-refractivity contribution < 1.29 is 14.7 Å². The molecule has 0 unspecified atom stereocenters. The number of hydrogen-bond donors (Lipinski definition) is 2. The minimum Gasteiger partial charge on any atom is -0.481 e. The number of nitrogens with one attached hydrogen (secondary N) is 1. The van der Waals surface area contributed by atoms with Crippen LogP contribution in [0.15, 0.2) is 0 Å². The van der Waals surface area contributed by atoms with Gasteiger partial charge in [0.15, 0.2) is 0 Å². The van der Waals surface area contributed by atoms with Gasteiger partial charge in [-0.2, -0.15) is 0 Å². The summed E-state index contributed by atoms with van der Waals surface area (Å²) in [7, 11) is 0. The molecule has 5 nitrogen and oxygen atoms in total. The molecule has 1 fully saturated rings. The number of hydrogen-bond acceptors (Lipinski definition) is 3. The van der Waals surface area contributed by atoms with Crippen LogP contribution in [0.4, 0.5) is 4.79 Å². The van der Waals surface area contributed by atoms with Crippen LogP contribution in [0.5, 0.6) is 0 Å². The van der Waals surface area contributed by atoms with E-state index in [1.54, 1.807) is 11.8 Å². The highest BCUT2D eigenvalue weighted by atomic mass is 32.2. The average Bonchev–Trinajstić information content (AvgIpc) is 2.45. The maximum absolute atomic E-state index is 11.9. The van der Waals surface area contributed by atoms with Crippen molar-refractivity contribution in [3.05, 3.63) is 0 Å². The van der Waals surface area contributed by atoms with Gasteiger partial charge >= 0.3 is 12.0 Å². The van der Waals surface area contributed by atoms with Gasteiger partial charge in [0.05, 0.1) is 5.75 Å². The second-order valence-corrected chi connectivity index (χ2v) is 5.96. The third kappa shape index (κ3) is 6.71. The minimum atomic E-state index is -0.741. The Morgan fingerprint density at radius 1 is 1.40 bits per heavy atom. The van der Waals surface area contributed by atoms with Crippen molar-refractivity contribution in [2.24, 2.45) is 5.92 Å². The number of carboxylic acids is 1. The fourth-order valence-electron chi connectivity index (χ4n) is 2.23. The van der Waals surface area contributed by atoms with Crippen LogP contribution >= 0.6 is 11.8 Å². The first-order valence-electron chi connectivity index (χ1n) is 6.89. The third-order valence-electron chi connectivity index (χ3n) is 3.38. The van der Waals surface area contributed by atoms with Crippen molar-refractivity contribution in [2.45, 2.75) is 25.7 Å². The van der Waals surface area contributed by atoms with Crippen LogP contribution in [0.3, 0.4) is 0 Å². The van der Waals surface area contributed by atoms with E-state index >= 15 is 0 Å². The minimum absolute atomic E-state index is 0.0250. The normalized spacial score (nSPS) is 15.7. The molecule has 0 radical (unpaired) electrons. The molecule has 0 saturated carbocycles. The molecule has 0 bridgehead atoms. The first-order chi connectivity index (χ1) is 9.63. The Morgan fingerprint density at radius 2 is 2.10 bits per heavy atom. The van der Waals surface area contributed by atoms with Gasteiger partial charge < -0.3 is 15.3 Å². The molecule has 6 heteroatoms. The Labute approximate surface area is 124 Å². The lowest BCUT2D eigenvalue weighted by atomic mass is 9.92. The average molecular weight is 298 g/mol. The zero-order valence-electron chi connectivity index (χ0n) is 11.6. The largest absolute Gasteiger partial charge is 0.481 e. The third-order valence-corrected chi connectivity index (χ3v) is 4.24. The van der Waals surface area contributed by atoms with E-state index in [1.165, 1.54) is 0 Å². The lowest BCUT2D eigenvalue weighted by molar-refractivity contribution is -0.137. The standard InChI is InChI=1S/C14H22N2O3S/c1-2-10-20-11-7-15-14(19)16-8-5-12(6-9-16)3-4-13(17)18/h1,12H,3-11H2,(H,15,19)(H,17,18). The number of carbonyl (C=O) groups excluding carboxylic acids is 1. The predicted octanol–water partition coefficient (Wildman–Crippen LogP) is 1.64. The summed E-state index contributed by atoms with van der Waals surface area (Å²) in [6.07, 6.45) is 7.87. The van der Waals surface area contributed by atoms with Gasteiger partial charge in [-0.25, -0.2) is 4.79 Å². The molecule has 0 aromatic carbocycles. The molecule has 20 heavy (non-hydrogen) atoms. The SMILES string of the molecule is C#CCSCCNC(=O)N1CCC(CCC(=O)O)CC1. The van der Waals surface area contributed by atoms with Gasteiger partial charge in [0.2, 0.25) is 0 Å². The summed E-state index contributed by atoms with van der Waals surface area (Å²) in [5.74, 6) is 3.73. The number of nitrogens with zero attached hydrogens (tertiary/aromatic N) is 1. The molecule has 1 rings (SSSR count). The van der Waals surface area contributed by atoms with Crippen molar-refractivity contribution in [1.29, 1.82) is 0 Å². The van der Waals surface area contributed by atoms with Gasteiger partial charge in [-0.3, -0.25) is 4.79 Å². The summed E-state index contributed by atoms with van der Waals surface area (Å²) in [4.78, 5) is 24.2. The molecule has 2 N–H and O–H groups in total. The van der Waals surface area contributed by atoms with Crippen LogP contribution in [-0.4, -0.2) is 53.1 Å². The van der Waals surface area contributed by atoms with Crippen molar-refractivity contribution in [2.75, 3.05) is 31.1 Å². The Kier molecular flexibility index (Phi) is 7.97. The number of urea groups is 1. The molecular weight excluding hydrogens is 276 g/mol. The van der Waals surface area contributed by atoms with Crippen LogP contribution in [0.2, 0.25) is 0 Å². The molecule has 1 heterocycles. The monoisotopic (exact) mass is 298 g/mol. The molecule has 0 aliphatic carbocycles. The van der Waals surface area contributed by atoms with Gasteiger partial charge in [0.1, 0.15) is 0 Å². The van der Waals surface area contributed by atoms with E-state index in [1.807, 2.05) is 4.90 Å². The van der Waals surface area contributed by atoms with Crippen LogP contribution in [0, 0.1) is 18.3 Å². The zero-order valence-corrected chi connectivity index (χ0v) is 12.5. The van der Waals surface area contributed by atoms with Gasteiger partial charge in [0.25, 0.3) is 0 Å². The molecule has 1 aliphatic heterocycles. The highest BCUT2D eigenvalue weighted by Gasteiger charge is 2.22. The second kappa shape index (κ2) is 9.54. The quantitative estimate of drug-likeness (QED) is 0.554. The first kappa shape index (κ1) is 16.7. The van der Waals surface area contributed by atoms with E-state index in [0.29, 0.717) is 37.7 Å². The summed E-state index contributed by atoms with van der Waals surface area (Å²) < 4.78 is 0. The summed E-state index contributed by atoms with van der Waals surface area (Å²) in [6.45, 7) is 2.06. The van der Waals surface area contributed by atoms with Crippen molar-refractivity contribution in [3.8, 4) is 12.3 Å². The Balaban J connectivity index is 2.12. The highest BCUT2D eigenvalue weighted by Crippen LogP contribution is 2.21. The van der Waals surface area contributed by atoms with Gasteiger partial charge in [-0.05, 0) is 25.2 Å². The van der Waals surface area contributed by atoms with E-state index in [0.717, 1.165) is 18.6 Å². The molecule has 0 atom stereocenters. The number of carboxylic acid groups (broad SMARTS) is 1. The molecular formula is C14H22N2O3S. The topological polar surface area (TPSA) is 69.6 Å². The van der Waals surface area contributed by atoms with Gasteiger partial charge in [-0.1, -0.05) is 5.92 Å². The van der Waals surface area contributed by atoms with Crippen LogP contribution < -0.4 is 5.32 Å². The second-order valence-electron chi connectivity index (χ2n) is 4.85. The molecule has 0 spiro atoms. The predicted molar refractivity (Wildman–Crippen MR) is 80.7 cm³/mol. The van der Waals surface area contributed by atoms with Gasteiger partial charge in [0, 0.05) is 31.8 Å². The summed E-state index contributed by atoms with van der Waals surface area (Å²) in [6, 6.07) is -0.0250. The van der Waals surface area contributed by atoms with E-state index in [9.17, 15) is 9.59 Å². The Bertz CT molecular complexity index is 360. The van der Waals surface area contributed by atoms with E-state index in [4.69, 9.17) is 11.5 Å². The zero-order chi connectivity index (χ0) is 14.8. The highest BCUT2D eigenvalue weighted by molar-refractivity contribution is 7.99. The fraction of sp³-hybridized carbons (Fsp3) is 0.714. The number of piperidine rings is 1. The lowest BCUT2D eigenvalue weighted by Crippen LogP contribution is -2.45. The number of aliphatic carboxylic acids is 1. The molecule has 0 aromatic heterocycles. The number of thioether (sulfide) groups is 1. The number of rotatable bonds is 7. The van der Waals surface area contributed by atoms with Crippen molar-refractivity contribution in [1.82, 2.24) is 10.2 Å². The lowest BCUT2D eigenvalue weighted by Gasteiger charge is -2.31. The molecule has 112 valence electrons. The number of terminal acetylenes is 1. The molecule has 1 aliphatic rings. The summed E-state index contributed by atoms with van der Waals surface area (Å²) in [5, 5.41) is 11.5. The van der Waals surface area contributed by atoms with E-state index in [-0.39, 0.29) is 12.5 Å². The number of likely N-dealkylation sites (tertiary alicyclic amines) is 1. The van der Waals surface area contributed by atoms with Crippen LogP contribution in [0.25, 0.3) is 0 Å². The van der Waals surface area contributed by atoms with Crippen molar-refractivity contribution >= 4 is 23.8 Å². The first-order valence-corrected chi connectivity index (χ1v) is 8.04. The Hall–Kier alpha value is -1.35. The van der Waals surface area contributed by atoms with Gasteiger partial charge in [-0.15, -0.1) is 18.2 Å². The van der Waals surface area contributed by atoms with Crippen LogP contribution in [0.1, 0.15) is 25.7 Å². The van der Waals surface area contributed by atoms with Crippen molar-refractivity contribution in [3.63, 3.8) is 0 Å². The van der Waals surface area contributed by atoms with E-state index < -0.39 is 5.97 Å². The molecule has 0 aromatic rings. The summed E-state index contributed by atoms with van der Waals surface area (Å²) >= 11 is 1.63. The molecule has 2 amide bonds. The fourth-order valence-corrected chi connectivity index (χ4v) is 2.73. The smallest absolute Gasteiger partial charge is 0.317 e. The van der Waals surface area contributed by atoms with E-state index in [2.05, 4.69) is 11.2 Å². The van der Waals surface area contributed by atoms with Crippen LogP contribution in [-0.2, 0) is 4.79 Å². The number of carbonyl (C=O) groups is 2. The Morgan fingerprint density at radius 3 is 2.70 bits per heavy atom. The maximum Gasteiger partial charge on any atom is 0.317 e.